The molecule has 0 aromatic carbocycles. The van der Waals surface area contributed by atoms with Crippen LogP contribution in [0.15, 0.2) is 36.0 Å². The second-order valence-corrected chi connectivity index (χ2v) is 6.64. The Balaban J connectivity index is 2.00. The van der Waals surface area contributed by atoms with Gasteiger partial charge in [0.1, 0.15) is 0 Å². The van der Waals surface area contributed by atoms with Crippen LogP contribution in [0.5, 0.6) is 0 Å². The lowest BCUT2D eigenvalue weighted by Gasteiger charge is -2.36. The predicted molar refractivity (Wildman–Crippen MR) is 74.0 cm³/mol. The van der Waals surface area contributed by atoms with Crippen LogP contribution in [0.3, 0.4) is 0 Å². The first-order chi connectivity index (χ1) is 8.53. The largest absolute Gasteiger partial charge is 0.295 e. The van der Waals surface area contributed by atoms with E-state index in [1.165, 1.54) is 6.42 Å². The average molecular weight is 242 g/mol. The number of ketones is 1. The molecule has 1 fully saturated rings. The van der Waals surface area contributed by atoms with Crippen molar-refractivity contribution in [1.29, 1.82) is 0 Å². The number of carbonyl (C=O) groups excluding carboxylic acids is 1. The summed E-state index contributed by atoms with van der Waals surface area (Å²) in [6.07, 6.45) is 13.7. The smallest absolute Gasteiger partial charge is 0.155 e. The van der Waals surface area contributed by atoms with E-state index in [1.54, 1.807) is 6.92 Å². The summed E-state index contributed by atoms with van der Waals surface area (Å²) in [6.45, 7) is 6.31. The van der Waals surface area contributed by atoms with Crippen LogP contribution in [-0.4, -0.2) is 5.78 Å². The van der Waals surface area contributed by atoms with Gasteiger partial charge in [0.2, 0.25) is 0 Å². The third-order valence-electron chi connectivity index (χ3n) is 4.98. The molecule has 0 heterocycles. The average Bonchev–Trinajstić information content (AvgIpc) is 2.81. The van der Waals surface area contributed by atoms with Crippen LogP contribution in [0.25, 0.3) is 0 Å². The molecule has 1 spiro atoms. The first-order valence-electron chi connectivity index (χ1n) is 7.13. The second kappa shape index (κ2) is 3.94. The van der Waals surface area contributed by atoms with E-state index in [0.29, 0.717) is 23.7 Å². The molecule has 0 N–H and O–H groups in total. The van der Waals surface area contributed by atoms with Crippen LogP contribution in [-0.2, 0) is 4.79 Å². The number of fused-ring (bicyclic) bond motifs is 1. The predicted octanol–water partition coefficient (Wildman–Crippen LogP) is 3.93. The van der Waals surface area contributed by atoms with Gasteiger partial charge < -0.3 is 0 Å². The molecule has 4 atom stereocenters. The van der Waals surface area contributed by atoms with E-state index < -0.39 is 0 Å². The van der Waals surface area contributed by atoms with Gasteiger partial charge in [-0.2, -0.15) is 0 Å². The Morgan fingerprint density at radius 1 is 1.44 bits per heavy atom. The highest BCUT2D eigenvalue weighted by atomic mass is 16.1. The molecule has 1 nitrogen and oxygen atoms in total. The molecule has 1 saturated carbocycles. The summed E-state index contributed by atoms with van der Waals surface area (Å²) in [5.74, 6) is 2.78. The van der Waals surface area contributed by atoms with E-state index in [4.69, 9.17) is 0 Å². The topological polar surface area (TPSA) is 17.1 Å². The molecule has 3 aliphatic rings. The quantitative estimate of drug-likeness (QED) is 0.733. The molecule has 1 heteroatoms. The van der Waals surface area contributed by atoms with Crippen molar-refractivity contribution >= 4 is 5.78 Å². The van der Waals surface area contributed by atoms with Crippen LogP contribution in [0.4, 0.5) is 0 Å². The van der Waals surface area contributed by atoms with Crippen LogP contribution < -0.4 is 0 Å². The standard InChI is InChI=1S/C17H22O/c1-11(2)8-13-15-10-17(9-14(15)12(3)18)7-5-4-6-16(13)17/h4-7,9,11,13,15-16H,8,10H2,1-3H3. The van der Waals surface area contributed by atoms with Crippen LogP contribution in [0, 0.1) is 29.1 Å². The molecule has 3 aliphatic carbocycles. The summed E-state index contributed by atoms with van der Waals surface area (Å²) in [4.78, 5) is 11.8. The van der Waals surface area contributed by atoms with E-state index in [1.807, 2.05) is 0 Å². The number of carbonyl (C=O) groups is 1. The van der Waals surface area contributed by atoms with Gasteiger partial charge in [0.05, 0.1) is 0 Å². The van der Waals surface area contributed by atoms with E-state index >= 15 is 0 Å². The minimum atomic E-state index is 0.167. The maximum atomic E-state index is 11.8. The summed E-state index contributed by atoms with van der Waals surface area (Å²) in [6, 6.07) is 0. The van der Waals surface area contributed by atoms with E-state index in [-0.39, 0.29) is 11.2 Å². The Kier molecular flexibility index (Phi) is 2.62. The van der Waals surface area contributed by atoms with Gasteiger partial charge >= 0.3 is 0 Å². The van der Waals surface area contributed by atoms with Gasteiger partial charge in [-0.3, -0.25) is 4.79 Å². The van der Waals surface area contributed by atoms with Gasteiger partial charge in [0, 0.05) is 5.41 Å². The van der Waals surface area contributed by atoms with Crippen molar-refractivity contribution in [2.24, 2.45) is 29.1 Å². The second-order valence-electron chi connectivity index (χ2n) is 6.64. The van der Waals surface area contributed by atoms with Crippen molar-refractivity contribution < 1.29 is 4.79 Å². The highest BCUT2D eigenvalue weighted by Crippen LogP contribution is 2.62. The third-order valence-corrected chi connectivity index (χ3v) is 4.98. The first kappa shape index (κ1) is 12.0. The molecule has 0 radical (unpaired) electrons. The molecule has 0 saturated heterocycles. The normalized spacial score (nSPS) is 40.2. The summed E-state index contributed by atoms with van der Waals surface area (Å²) in [7, 11) is 0. The Labute approximate surface area is 110 Å². The van der Waals surface area contributed by atoms with Crippen LogP contribution in [0.1, 0.15) is 33.6 Å². The highest BCUT2D eigenvalue weighted by Gasteiger charge is 2.56. The Morgan fingerprint density at radius 3 is 2.89 bits per heavy atom. The van der Waals surface area contributed by atoms with Crippen molar-refractivity contribution in [1.82, 2.24) is 0 Å². The Bertz CT molecular complexity index is 466. The van der Waals surface area contributed by atoms with Crippen LogP contribution in [0.2, 0.25) is 0 Å². The maximum Gasteiger partial charge on any atom is 0.155 e. The lowest BCUT2D eigenvalue weighted by molar-refractivity contribution is -0.114. The lowest BCUT2D eigenvalue weighted by atomic mass is 9.68. The van der Waals surface area contributed by atoms with Gasteiger partial charge in [-0.25, -0.2) is 0 Å². The molecule has 0 aromatic rings. The number of rotatable bonds is 3. The van der Waals surface area contributed by atoms with Crippen molar-refractivity contribution in [3.8, 4) is 0 Å². The zero-order valence-electron chi connectivity index (χ0n) is 11.5. The minimum Gasteiger partial charge on any atom is -0.295 e. The Morgan fingerprint density at radius 2 is 2.22 bits per heavy atom. The molecular formula is C17H22O. The van der Waals surface area contributed by atoms with Crippen molar-refractivity contribution in [3.63, 3.8) is 0 Å². The molecule has 0 aliphatic heterocycles. The van der Waals surface area contributed by atoms with Crippen LogP contribution >= 0.6 is 0 Å². The number of hydrogen-bond donors (Lipinski definition) is 0. The van der Waals surface area contributed by atoms with Gasteiger partial charge in [-0.05, 0) is 49.0 Å². The molecule has 18 heavy (non-hydrogen) atoms. The fourth-order valence-corrected chi connectivity index (χ4v) is 4.40. The van der Waals surface area contributed by atoms with Crippen molar-refractivity contribution in [2.75, 3.05) is 0 Å². The zero-order chi connectivity index (χ0) is 12.9. The monoisotopic (exact) mass is 242 g/mol. The Hall–Kier alpha value is -1.11. The van der Waals surface area contributed by atoms with Gasteiger partial charge in [-0.15, -0.1) is 0 Å². The molecule has 0 amide bonds. The molecule has 0 aromatic heterocycles. The molecule has 2 bridgehead atoms. The maximum absolute atomic E-state index is 11.8. The van der Waals surface area contributed by atoms with E-state index in [2.05, 4.69) is 44.2 Å². The van der Waals surface area contributed by atoms with Gasteiger partial charge in [0.25, 0.3) is 0 Å². The fourth-order valence-electron chi connectivity index (χ4n) is 4.40. The van der Waals surface area contributed by atoms with Gasteiger partial charge in [0.15, 0.2) is 5.78 Å². The summed E-state index contributed by atoms with van der Waals surface area (Å²) in [5, 5.41) is 0. The molecule has 96 valence electrons. The zero-order valence-corrected chi connectivity index (χ0v) is 11.5. The fraction of sp³-hybridized carbons (Fsp3) is 0.588. The molecule has 4 unspecified atom stereocenters. The van der Waals surface area contributed by atoms with E-state index in [9.17, 15) is 4.79 Å². The lowest BCUT2D eigenvalue weighted by Crippen LogP contribution is -2.30. The SMILES string of the molecule is CC(=O)C1=CC23C=CC=CC2C(CC(C)C)C1C3. The number of Topliss-reactive ketones (excluding diaryl/α,β-unsaturated/α-hetero) is 1. The summed E-state index contributed by atoms with van der Waals surface area (Å²) < 4.78 is 0. The number of hydrogen-bond acceptors (Lipinski definition) is 1. The highest BCUT2D eigenvalue weighted by molar-refractivity contribution is 5.95. The van der Waals surface area contributed by atoms with Crippen molar-refractivity contribution in [2.45, 2.75) is 33.6 Å². The summed E-state index contributed by atoms with van der Waals surface area (Å²) >= 11 is 0. The van der Waals surface area contributed by atoms with Crippen molar-refractivity contribution in [3.05, 3.63) is 36.0 Å². The first-order valence-corrected chi connectivity index (χ1v) is 7.13. The van der Waals surface area contributed by atoms with Gasteiger partial charge in [-0.1, -0.05) is 44.2 Å². The van der Waals surface area contributed by atoms with E-state index in [0.717, 1.165) is 12.0 Å². The molecule has 3 rings (SSSR count). The number of allylic oxidation sites excluding steroid dienone is 6. The minimum absolute atomic E-state index is 0.167. The third kappa shape index (κ3) is 1.56. The summed E-state index contributed by atoms with van der Waals surface area (Å²) in [5.41, 5.74) is 1.27. The molecular weight excluding hydrogens is 220 g/mol.